The maximum Gasteiger partial charge on any atom is 0.573 e. The molecule has 3 unspecified atom stereocenters. The van der Waals surface area contributed by atoms with Gasteiger partial charge in [-0.25, -0.2) is 0 Å². The van der Waals surface area contributed by atoms with E-state index in [4.69, 9.17) is 14.2 Å². The van der Waals surface area contributed by atoms with Crippen LogP contribution in [0.4, 0.5) is 13.2 Å². The number of aldehydes is 1. The van der Waals surface area contributed by atoms with Gasteiger partial charge in [-0.05, 0) is 43.2 Å². The molecule has 3 atom stereocenters. The van der Waals surface area contributed by atoms with E-state index in [0.29, 0.717) is 30.0 Å². The Hall–Kier alpha value is -2.78. The van der Waals surface area contributed by atoms with Gasteiger partial charge in [-0.15, -0.1) is 13.2 Å². The molecular formula is C22H24F3NO5. The molecule has 0 spiro atoms. The average molecular weight is 439 g/mol. The number of ether oxygens (including phenoxy) is 4. The Morgan fingerprint density at radius 3 is 2.19 bits per heavy atom. The van der Waals surface area contributed by atoms with Crippen molar-refractivity contribution in [2.45, 2.75) is 38.1 Å². The molecule has 2 aromatic carbocycles. The molecule has 6 nitrogen and oxygen atoms in total. The molecule has 31 heavy (non-hydrogen) atoms. The van der Waals surface area contributed by atoms with E-state index >= 15 is 0 Å². The summed E-state index contributed by atoms with van der Waals surface area (Å²) in [5, 5.41) is 0. The summed E-state index contributed by atoms with van der Waals surface area (Å²) in [6, 6.07) is 10.5. The van der Waals surface area contributed by atoms with Gasteiger partial charge in [0, 0.05) is 6.54 Å². The number of carbonyl (C=O) groups excluding carboxylic acids is 1. The van der Waals surface area contributed by atoms with Gasteiger partial charge in [0.1, 0.15) is 29.8 Å². The number of halogens is 3. The van der Waals surface area contributed by atoms with Crippen molar-refractivity contribution < 1.29 is 36.9 Å². The zero-order valence-electron chi connectivity index (χ0n) is 17.4. The molecule has 3 rings (SSSR count). The molecule has 0 radical (unpaired) electrons. The summed E-state index contributed by atoms with van der Waals surface area (Å²) in [6.07, 6.45) is -4.35. The lowest BCUT2D eigenvalue weighted by atomic mass is 10.1. The first-order valence-electron chi connectivity index (χ1n) is 9.69. The third-order valence-corrected chi connectivity index (χ3v) is 5.18. The smallest absolute Gasteiger partial charge is 0.496 e. The van der Waals surface area contributed by atoms with Crippen LogP contribution in [-0.2, 0) is 16.0 Å². The zero-order valence-corrected chi connectivity index (χ0v) is 17.4. The van der Waals surface area contributed by atoms with Crippen molar-refractivity contribution in [1.82, 2.24) is 4.90 Å². The highest BCUT2D eigenvalue weighted by Gasteiger charge is 2.42. The molecule has 2 aromatic rings. The Balaban J connectivity index is 1.82. The van der Waals surface area contributed by atoms with Gasteiger partial charge >= 0.3 is 6.36 Å². The molecule has 0 saturated carbocycles. The van der Waals surface area contributed by atoms with Gasteiger partial charge in [0.05, 0.1) is 31.9 Å². The highest BCUT2D eigenvalue weighted by atomic mass is 19.4. The van der Waals surface area contributed by atoms with Gasteiger partial charge in [0.25, 0.3) is 0 Å². The molecule has 0 bridgehead atoms. The predicted molar refractivity (Wildman–Crippen MR) is 106 cm³/mol. The van der Waals surface area contributed by atoms with E-state index < -0.39 is 18.6 Å². The summed E-state index contributed by atoms with van der Waals surface area (Å²) in [7, 11) is 3.09. The van der Waals surface area contributed by atoms with Crippen LogP contribution in [0.1, 0.15) is 24.3 Å². The van der Waals surface area contributed by atoms with Crippen molar-refractivity contribution in [1.29, 1.82) is 0 Å². The van der Waals surface area contributed by atoms with Gasteiger partial charge in [-0.2, -0.15) is 0 Å². The number of methoxy groups -OCH3 is 2. The van der Waals surface area contributed by atoms with Gasteiger partial charge in [-0.1, -0.05) is 18.2 Å². The molecule has 0 aromatic heterocycles. The minimum absolute atomic E-state index is 0.281. The third kappa shape index (κ3) is 5.29. The van der Waals surface area contributed by atoms with E-state index in [1.54, 1.807) is 44.6 Å². The first-order valence-corrected chi connectivity index (χ1v) is 9.69. The standard InChI is InChI=1S/C22H24F3NO5/c1-14-17(13-27)26(12-11-15-7-9-16(10-8-15)31-22(23,24)25)21(30-14)20-18(28-2)5-4-6-19(20)29-3/h4-10,13-14,17,21H,11-12H2,1-3H3. The molecule has 9 heteroatoms. The highest BCUT2D eigenvalue weighted by Crippen LogP contribution is 2.43. The summed E-state index contributed by atoms with van der Waals surface area (Å²) < 4.78 is 58.0. The fourth-order valence-electron chi connectivity index (χ4n) is 3.72. The van der Waals surface area contributed by atoms with Crippen molar-refractivity contribution in [3.8, 4) is 17.2 Å². The van der Waals surface area contributed by atoms with E-state index in [1.807, 2.05) is 11.8 Å². The normalized spacial score (nSPS) is 21.7. The lowest BCUT2D eigenvalue weighted by Crippen LogP contribution is -2.38. The van der Waals surface area contributed by atoms with Gasteiger partial charge in [0.15, 0.2) is 0 Å². The van der Waals surface area contributed by atoms with Crippen LogP contribution in [-0.4, -0.2) is 50.5 Å². The molecule has 0 aliphatic carbocycles. The Morgan fingerprint density at radius 1 is 1.06 bits per heavy atom. The summed E-state index contributed by atoms with van der Waals surface area (Å²) in [4.78, 5) is 13.7. The van der Waals surface area contributed by atoms with Crippen molar-refractivity contribution in [3.63, 3.8) is 0 Å². The fraction of sp³-hybridized carbons (Fsp3) is 0.409. The van der Waals surface area contributed by atoms with Crippen LogP contribution in [0, 0.1) is 0 Å². The average Bonchev–Trinajstić information content (AvgIpc) is 3.06. The van der Waals surface area contributed by atoms with Gasteiger partial charge in [0.2, 0.25) is 0 Å². The molecule has 168 valence electrons. The lowest BCUT2D eigenvalue weighted by molar-refractivity contribution is -0.274. The number of hydrogen-bond acceptors (Lipinski definition) is 6. The summed E-state index contributed by atoms with van der Waals surface area (Å²) in [5.74, 6) is 0.861. The van der Waals surface area contributed by atoms with Gasteiger partial charge < -0.3 is 23.7 Å². The molecule has 0 N–H and O–H groups in total. The maximum absolute atomic E-state index is 12.3. The quantitative estimate of drug-likeness (QED) is 0.577. The second-order valence-electron chi connectivity index (χ2n) is 7.08. The number of benzene rings is 2. The van der Waals surface area contributed by atoms with E-state index in [9.17, 15) is 18.0 Å². The van der Waals surface area contributed by atoms with E-state index in [1.165, 1.54) is 12.1 Å². The molecular weight excluding hydrogens is 415 g/mol. The van der Waals surface area contributed by atoms with Crippen LogP contribution < -0.4 is 14.2 Å². The predicted octanol–water partition coefficient (Wildman–Crippen LogP) is 4.13. The van der Waals surface area contributed by atoms with Crippen LogP contribution in [0.5, 0.6) is 17.2 Å². The van der Waals surface area contributed by atoms with Crippen molar-refractivity contribution in [2.24, 2.45) is 0 Å². The van der Waals surface area contributed by atoms with E-state index in [2.05, 4.69) is 4.74 Å². The number of hydrogen-bond donors (Lipinski definition) is 0. The van der Waals surface area contributed by atoms with Crippen LogP contribution in [0.2, 0.25) is 0 Å². The molecule has 1 aliphatic rings. The van der Waals surface area contributed by atoms with Gasteiger partial charge in [-0.3, -0.25) is 4.90 Å². The zero-order chi connectivity index (χ0) is 22.6. The summed E-state index contributed by atoms with van der Waals surface area (Å²) in [6.45, 7) is 2.25. The minimum Gasteiger partial charge on any atom is -0.496 e. The largest absolute Gasteiger partial charge is 0.573 e. The van der Waals surface area contributed by atoms with Crippen LogP contribution in [0.25, 0.3) is 0 Å². The van der Waals surface area contributed by atoms with Crippen molar-refractivity contribution in [2.75, 3.05) is 20.8 Å². The fourth-order valence-corrected chi connectivity index (χ4v) is 3.72. The molecule has 1 fully saturated rings. The molecule has 1 saturated heterocycles. The second kappa shape index (κ2) is 9.57. The second-order valence-corrected chi connectivity index (χ2v) is 7.08. The molecule has 1 heterocycles. The Morgan fingerprint density at radius 2 is 1.68 bits per heavy atom. The van der Waals surface area contributed by atoms with E-state index in [-0.39, 0.29) is 11.9 Å². The monoisotopic (exact) mass is 439 g/mol. The summed E-state index contributed by atoms with van der Waals surface area (Å²) in [5.41, 5.74) is 1.47. The Bertz CT molecular complexity index is 865. The first-order chi connectivity index (χ1) is 14.8. The van der Waals surface area contributed by atoms with Crippen LogP contribution in [0.15, 0.2) is 42.5 Å². The Labute approximate surface area is 178 Å². The van der Waals surface area contributed by atoms with Crippen molar-refractivity contribution >= 4 is 6.29 Å². The third-order valence-electron chi connectivity index (χ3n) is 5.18. The van der Waals surface area contributed by atoms with E-state index in [0.717, 1.165) is 11.8 Å². The molecule has 0 amide bonds. The number of carbonyl (C=O) groups is 1. The summed E-state index contributed by atoms with van der Waals surface area (Å²) >= 11 is 0. The lowest BCUT2D eigenvalue weighted by Gasteiger charge is -2.28. The van der Waals surface area contributed by atoms with Crippen LogP contribution in [0.3, 0.4) is 0 Å². The highest BCUT2D eigenvalue weighted by molar-refractivity contribution is 5.60. The van der Waals surface area contributed by atoms with Crippen molar-refractivity contribution in [3.05, 3.63) is 53.6 Å². The SMILES string of the molecule is COc1cccc(OC)c1C1OC(C)C(C=O)N1CCc1ccc(OC(F)(F)F)cc1. The topological polar surface area (TPSA) is 57.2 Å². The number of alkyl halides is 3. The minimum atomic E-state index is -4.73. The molecule has 1 aliphatic heterocycles. The van der Waals surface area contributed by atoms with Crippen LogP contribution >= 0.6 is 0 Å². The number of rotatable bonds is 8. The maximum atomic E-state index is 12.3. The first kappa shape index (κ1) is 22.9. The Kier molecular flexibility index (Phi) is 7.07. The number of nitrogens with zero attached hydrogens (tertiary/aromatic N) is 1.